The first-order chi connectivity index (χ1) is 13.7. The SMILES string of the molecule is CCNC(=NCCc1cn2cccc(C)c2n1)NC1CC(OCC)C12CCC2.I. The quantitative estimate of drug-likeness (QED) is 0.338. The number of guanidine groups is 1. The summed E-state index contributed by atoms with van der Waals surface area (Å²) in [6, 6.07) is 4.64. The van der Waals surface area contributed by atoms with Crippen LogP contribution in [0, 0.1) is 12.3 Å². The van der Waals surface area contributed by atoms with Gasteiger partial charge in [0.05, 0.1) is 11.8 Å². The average Bonchev–Trinajstić information content (AvgIpc) is 3.03. The molecule has 7 heteroatoms. The summed E-state index contributed by atoms with van der Waals surface area (Å²) in [6.45, 7) is 8.72. The molecule has 0 saturated heterocycles. The summed E-state index contributed by atoms with van der Waals surface area (Å²) in [5.41, 5.74) is 3.66. The highest BCUT2D eigenvalue weighted by atomic mass is 127. The molecule has 29 heavy (non-hydrogen) atoms. The molecule has 2 N–H and O–H groups in total. The van der Waals surface area contributed by atoms with Crippen molar-refractivity contribution in [1.29, 1.82) is 0 Å². The molecule has 1 spiro atoms. The number of halogens is 1. The Hall–Kier alpha value is -1.35. The number of aryl methyl sites for hydroxylation is 1. The highest BCUT2D eigenvalue weighted by Gasteiger charge is 2.59. The van der Waals surface area contributed by atoms with Crippen molar-refractivity contribution in [1.82, 2.24) is 20.0 Å². The van der Waals surface area contributed by atoms with Crippen LogP contribution in [0.1, 0.15) is 50.8 Å². The van der Waals surface area contributed by atoms with Crippen molar-refractivity contribution in [3.05, 3.63) is 35.8 Å². The zero-order chi connectivity index (χ0) is 19.6. The van der Waals surface area contributed by atoms with E-state index in [-0.39, 0.29) is 24.0 Å². The zero-order valence-electron chi connectivity index (χ0n) is 17.8. The summed E-state index contributed by atoms with van der Waals surface area (Å²) in [7, 11) is 0. The van der Waals surface area contributed by atoms with E-state index in [1.807, 2.05) is 0 Å². The molecule has 0 radical (unpaired) electrons. The van der Waals surface area contributed by atoms with Crippen molar-refractivity contribution in [2.75, 3.05) is 19.7 Å². The van der Waals surface area contributed by atoms with E-state index in [1.165, 1.54) is 24.8 Å². The van der Waals surface area contributed by atoms with Gasteiger partial charge in [-0.1, -0.05) is 12.5 Å². The van der Waals surface area contributed by atoms with Gasteiger partial charge in [0.2, 0.25) is 0 Å². The molecule has 0 bridgehead atoms. The van der Waals surface area contributed by atoms with Crippen molar-refractivity contribution in [2.24, 2.45) is 10.4 Å². The second-order valence-electron chi connectivity index (χ2n) is 8.13. The van der Waals surface area contributed by atoms with E-state index in [4.69, 9.17) is 14.7 Å². The van der Waals surface area contributed by atoms with E-state index in [1.54, 1.807) is 0 Å². The van der Waals surface area contributed by atoms with Crippen molar-refractivity contribution in [3.8, 4) is 0 Å². The van der Waals surface area contributed by atoms with Crippen molar-refractivity contribution in [3.63, 3.8) is 0 Å². The number of aliphatic imine (C=N–C) groups is 1. The smallest absolute Gasteiger partial charge is 0.191 e. The van der Waals surface area contributed by atoms with E-state index in [0.717, 1.165) is 49.8 Å². The number of fused-ring (bicyclic) bond motifs is 1. The molecule has 160 valence electrons. The third kappa shape index (κ3) is 4.40. The standard InChI is InChI=1S/C22H33N5O.HI/c1-4-23-21(26-18-14-19(28-5-2)22(18)10-7-11-22)24-12-9-17-15-27-13-6-8-16(3)20(27)25-17;/h6,8,13,15,18-19H,4-5,7,9-12,14H2,1-3H3,(H2,23,24,26);1H. The molecule has 2 aromatic rings. The highest BCUT2D eigenvalue weighted by Crippen LogP contribution is 2.57. The van der Waals surface area contributed by atoms with Gasteiger partial charge in [-0.25, -0.2) is 4.98 Å². The third-order valence-corrected chi connectivity index (χ3v) is 6.46. The largest absolute Gasteiger partial charge is 0.378 e. The number of aromatic nitrogens is 2. The Labute approximate surface area is 190 Å². The Kier molecular flexibility index (Phi) is 7.42. The predicted octanol–water partition coefficient (Wildman–Crippen LogP) is 3.71. The van der Waals surface area contributed by atoms with Gasteiger partial charge < -0.3 is 19.8 Å². The van der Waals surface area contributed by atoms with Gasteiger partial charge in [-0.15, -0.1) is 24.0 Å². The molecule has 2 saturated carbocycles. The summed E-state index contributed by atoms with van der Waals surface area (Å²) in [6.07, 6.45) is 10.4. The number of ether oxygens (including phenoxy) is 1. The molecule has 0 aromatic carbocycles. The lowest BCUT2D eigenvalue weighted by Crippen LogP contribution is -2.68. The maximum Gasteiger partial charge on any atom is 0.191 e. The topological polar surface area (TPSA) is 63.0 Å². The molecule has 0 aliphatic heterocycles. The van der Waals surface area contributed by atoms with Gasteiger partial charge in [-0.05, 0) is 51.7 Å². The lowest BCUT2D eigenvalue weighted by molar-refractivity contribution is -0.168. The summed E-state index contributed by atoms with van der Waals surface area (Å²) in [5.74, 6) is 0.925. The molecular formula is C22H34IN5O. The number of nitrogens with zero attached hydrogens (tertiary/aromatic N) is 3. The fourth-order valence-corrected chi connectivity index (χ4v) is 4.73. The molecule has 4 rings (SSSR count). The minimum absolute atomic E-state index is 0. The summed E-state index contributed by atoms with van der Waals surface area (Å²) in [4.78, 5) is 9.58. The number of hydrogen-bond acceptors (Lipinski definition) is 3. The molecule has 0 amide bonds. The molecule has 2 atom stereocenters. The molecule has 2 unspecified atom stereocenters. The van der Waals surface area contributed by atoms with Crippen LogP contribution in [0.2, 0.25) is 0 Å². The fourth-order valence-electron chi connectivity index (χ4n) is 4.73. The fraction of sp³-hybridized carbons (Fsp3) is 0.636. The summed E-state index contributed by atoms with van der Waals surface area (Å²) < 4.78 is 8.07. The second-order valence-corrected chi connectivity index (χ2v) is 8.13. The van der Waals surface area contributed by atoms with Crippen LogP contribution in [0.25, 0.3) is 5.65 Å². The predicted molar refractivity (Wildman–Crippen MR) is 128 cm³/mol. The van der Waals surface area contributed by atoms with Gasteiger partial charge >= 0.3 is 0 Å². The first kappa shape index (κ1) is 22.3. The van der Waals surface area contributed by atoms with Crippen LogP contribution < -0.4 is 10.6 Å². The minimum atomic E-state index is 0. The zero-order valence-corrected chi connectivity index (χ0v) is 20.1. The van der Waals surface area contributed by atoms with Crippen LogP contribution in [-0.4, -0.2) is 47.2 Å². The van der Waals surface area contributed by atoms with Gasteiger partial charge in [0, 0.05) is 50.0 Å². The van der Waals surface area contributed by atoms with Crippen molar-refractivity contribution >= 4 is 35.6 Å². The maximum atomic E-state index is 5.97. The highest BCUT2D eigenvalue weighted by molar-refractivity contribution is 14.0. The van der Waals surface area contributed by atoms with E-state index in [0.29, 0.717) is 17.6 Å². The Morgan fingerprint density at radius 3 is 2.86 bits per heavy atom. The van der Waals surface area contributed by atoms with Crippen LogP contribution in [-0.2, 0) is 11.2 Å². The van der Waals surface area contributed by atoms with E-state index in [9.17, 15) is 0 Å². The van der Waals surface area contributed by atoms with Gasteiger partial charge in [0.25, 0.3) is 0 Å². The molecule has 2 fully saturated rings. The van der Waals surface area contributed by atoms with Crippen LogP contribution >= 0.6 is 24.0 Å². The van der Waals surface area contributed by atoms with Crippen LogP contribution in [0.15, 0.2) is 29.5 Å². The van der Waals surface area contributed by atoms with Gasteiger partial charge in [0.15, 0.2) is 5.96 Å². The maximum absolute atomic E-state index is 5.97. The van der Waals surface area contributed by atoms with Crippen molar-refractivity contribution in [2.45, 2.75) is 65.0 Å². The molecule has 2 aromatic heterocycles. The number of pyridine rings is 1. The number of rotatable bonds is 7. The van der Waals surface area contributed by atoms with Crippen LogP contribution in [0.3, 0.4) is 0 Å². The van der Waals surface area contributed by atoms with Gasteiger partial charge in [-0.2, -0.15) is 0 Å². The van der Waals surface area contributed by atoms with E-state index >= 15 is 0 Å². The Balaban J connectivity index is 0.00000240. The second kappa shape index (κ2) is 9.64. The molecule has 6 nitrogen and oxygen atoms in total. The van der Waals surface area contributed by atoms with E-state index < -0.39 is 0 Å². The first-order valence-electron chi connectivity index (χ1n) is 10.8. The normalized spacial score (nSPS) is 22.7. The molecular weight excluding hydrogens is 477 g/mol. The molecule has 2 aliphatic rings. The third-order valence-electron chi connectivity index (χ3n) is 6.46. The average molecular weight is 511 g/mol. The summed E-state index contributed by atoms with van der Waals surface area (Å²) in [5, 5.41) is 7.10. The van der Waals surface area contributed by atoms with Crippen molar-refractivity contribution < 1.29 is 4.74 Å². The molecule has 2 aliphatic carbocycles. The lowest BCUT2D eigenvalue weighted by Gasteiger charge is -2.61. The minimum Gasteiger partial charge on any atom is -0.378 e. The van der Waals surface area contributed by atoms with Gasteiger partial charge in [0.1, 0.15) is 5.65 Å². The Bertz CT molecular complexity index is 845. The monoisotopic (exact) mass is 511 g/mol. The van der Waals surface area contributed by atoms with Gasteiger partial charge in [-0.3, -0.25) is 4.99 Å². The molecule has 2 heterocycles. The summed E-state index contributed by atoms with van der Waals surface area (Å²) >= 11 is 0. The Morgan fingerprint density at radius 2 is 2.21 bits per heavy atom. The number of imidazole rings is 1. The van der Waals surface area contributed by atoms with Crippen LogP contribution in [0.4, 0.5) is 0 Å². The van der Waals surface area contributed by atoms with Crippen LogP contribution in [0.5, 0.6) is 0 Å². The van der Waals surface area contributed by atoms with E-state index in [2.05, 4.69) is 60.3 Å². The Morgan fingerprint density at radius 1 is 1.38 bits per heavy atom. The number of hydrogen-bond donors (Lipinski definition) is 2. The first-order valence-corrected chi connectivity index (χ1v) is 10.8. The number of nitrogens with one attached hydrogen (secondary N) is 2. The lowest BCUT2D eigenvalue weighted by atomic mass is 9.51.